The minimum absolute atomic E-state index is 0.0447. The van der Waals surface area contributed by atoms with Crippen molar-refractivity contribution in [2.75, 3.05) is 25.0 Å². The number of rotatable bonds is 6. The zero-order valence-electron chi connectivity index (χ0n) is 10.2. The first-order valence-corrected chi connectivity index (χ1v) is 6.41. The molecule has 1 heterocycles. The SMILES string of the molecule is CCNCCNc1cnn(CC(F)(F)F)c(=O)c1Br. The van der Waals surface area contributed by atoms with Gasteiger partial charge in [0.15, 0.2) is 0 Å². The maximum absolute atomic E-state index is 12.2. The van der Waals surface area contributed by atoms with E-state index in [4.69, 9.17) is 0 Å². The van der Waals surface area contributed by atoms with Crippen LogP contribution in [0.3, 0.4) is 0 Å². The molecule has 0 atom stereocenters. The van der Waals surface area contributed by atoms with E-state index in [0.717, 1.165) is 6.54 Å². The molecule has 0 aliphatic heterocycles. The van der Waals surface area contributed by atoms with Crippen molar-refractivity contribution in [1.82, 2.24) is 15.1 Å². The molecule has 5 nitrogen and oxygen atoms in total. The number of halogens is 4. The molecule has 108 valence electrons. The van der Waals surface area contributed by atoms with Crippen LogP contribution < -0.4 is 16.2 Å². The van der Waals surface area contributed by atoms with Gasteiger partial charge in [-0.2, -0.15) is 18.3 Å². The van der Waals surface area contributed by atoms with Gasteiger partial charge >= 0.3 is 6.18 Å². The predicted molar refractivity (Wildman–Crippen MR) is 69.3 cm³/mol. The Morgan fingerprint density at radius 3 is 2.68 bits per heavy atom. The maximum Gasteiger partial charge on any atom is 0.408 e. The van der Waals surface area contributed by atoms with Crippen molar-refractivity contribution in [3.63, 3.8) is 0 Å². The minimum atomic E-state index is -4.48. The second kappa shape index (κ2) is 6.90. The highest BCUT2D eigenvalue weighted by molar-refractivity contribution is 9.10. The van der Waals surface area contributed by atoms with Gasteiger partial charge in [0.25, 0.3) is 5.56 Å². The quantitative estimate of drug-likeness (QED) is 0.771. The lowest BCUT2D eigenvalue weighted by Crippen LogP contribution is -2.31. The zero-order chi connectivity index (χ0) is 14.5. The Hall–Kier alpha value is -1.09. The van der Waals surface area contributed by atoms with Gasteiger partial charge in [-0.25, -0.2) is 4.68 Å². The molecular weight excluding hydrogens is 329 g/mol. The van der Waals surface area contributed by atoms with Gasteiger partial charge < -0.3 is 10.6 Å². The van der Waals surface area contributed by atoms with Gasteiger partial charge in [-0.05, 0) is 22.5 Å². The summed E-state index contributed by atoms with van der Waals surface area (Å²) in [6.45, 7) is 2.58. The number of hydrogen-bond acceptors (Lipinski definition) is 4. The molecule has 0 bridgehead atoms. The first-order valence-electron chi connectivity index (χ1n) is 5.62. The van der Waals surface area contributed by atoms with Gasteiger partial charge in [0.2, 0.25) is 0 Å². The largest absolute Gasteiger partial charge is 0.408 e. The van der Waals surface area contributed by atoms with E-state index >= 15 is 0 Å². The molecule has 0 spiro atoms. The van der Waals surface area contributed by atoms with E-state index in [0.29, 0.717) is 23.5 Å². The van der Waals surface area contributed by atoms with E-state index in [1.165, 1.54) is 6.20 Å². The normalized spacial score (nSPS) is 11.6. The molecule has 2 N–H and O–H groups in total. The van der Waals surface area contributed by atoms with E-state index in [1.807, 2.05) is 6.92 Å². The van der Waals surface area contributed by atoms with Crippen LogP contribution in [0.5, 0.6) is 0 Å². The maximum atomic E-state index is 12.2. The van der Waals surface area contributed by atoms with Crippen LogP contribution in [-0.2, 0) is 6.54 Å². The van der Waals surface area contributed by atoms with Crippen LogP contribution >= 0.6 is 15.9 Å². The highest BCUT2D eigenvalue weighted by Crippen LogP contribution is 2.19. The summed E-state index contributed by atoms with van der Waals surface area (Å²) in [6.07, 6.45) is -3.28. The van der Waals surface area contributed by atoms with Crippen LogP contribution in [0.2, 0.25) is 0 Å². The molecule has 1 aromatic heterocycles. The average Bonchev–Trinajstić information content (AvgIpc) is 2.31. The summed E-state index contributed by atoms with van der Waals surface area (Å²) in [7, 11) is 0. The van der Waals surface area contributed by atoms with Gasteiger partial charge in [-0.3, -0.25) is 4.79 Å². The lowest BCUT2D eigenvalue weighted by Gasteiger charge is -2.11. The summed E-state index contributed by atoms with van der Waals surface area (Å²) in [5.41, 5.74) is -0.438. The first-order chi connectivity index (χ1) is 8.85. The Kier molecular flexibility index (Phi) is 5.80. The molecule has 0 unspecified atom stereocenters. The van der Waals surface area contributed by atoms with Crippen molar-refractivity contribution < 1.29 is 13.2 Å². The fraction of sp³-hybridized carbons (Fsp3) is 0.600. The lowest BCUT2D eigenvalue weighted by molar-refractivity contribution is -0.143. The summed E-state index contributed by atoms with van der Waals surface area (Å²) in [4.78, 5) is 11.7. The smallest absolute Gasteiger partial charge is 0.381 e. The fourth-order valence-electron chi connectivity index (χ4n) is 1.33. The second-order valence-electron chi connectivity index (χ2n) is 3.73. The van der Waals surface area contributed by atoms with Crippen molar-refractivity contribution in [2.24, 2.45) is 0 Å². The van der Waals surface area contributed by atoms with E-state index in [-0.39, 0.29) is 4.47 Å². The van der Waals surface area contributed by atoms with Gasteiger partial charge in [-0.15, -0.1) is 0 Å². The van der Waals surface area contributed by atoms with Crippen LogP contribution in [0.1, 0.15) is 6.92 Å². The summed E-state index contributed by atoms with van der Waals surface area (Å²) in [5, 5.41) is 9.47. The Bertz CT molecular complexity index is 475. The van der Waals surface area contributed by atoms with E-state index in [1.54, 1.807) is 0 Å². The Labute approximate surface area is 116 Å². The van der Waals surface area contributed by atoms with Gasteiger partial charge in [-0.1, -0.05) is 6.92 Å². The second-order valence-corrected chi connectivity index (χ2v) is 4.52. The predicted octanol–water partition coefficient (Wildman–Crippen LogP) is 1.59. The monoisotopic (exact) mass is 342 g/mol. The third-order valence-electron chi connectivity index (χ3n) is 2.18. The van der Waals surface area contributed by atoms with Crippen LogP contribution in [0.25, 0.3) is 0 Å². The minimum Gasteiger partial charge on any atom is -0.381 e. The van der Waals surface area contributed by atoms with Crippen molar-refractivity contribution in [3.05, 3.63) is 21.0 Å². The molecular formula is C10H14BrF3N4O. The van der Waals surface area contributed by atoms with Crippen LogP contribution in [0.15, 0.2) is 15.5 Å². The Morgan fingerprint density at radius 1 is 1.42 bits per heavy atom. The topological polar surface area (TPSA) is 59.0 Å². The van der Waals surface area contributed by atoms with E-state index in [2.05, 4.69) is 31.7 Å². The van der Waals surface area contributed by atoms with E-state index < -0.39 is 18.3 Å². The van der Waals surface area contributed by atoms with Crippen LogP contribution in [0, 0.1) is 0 Å². The average molecular weight is 343 g/mol. The number of likely N-dealkylation sites (N-methyl/N-ethyl adjacent to an activating group) is 1. The summed E-state index contributed by atoms with van der Waals surface area (Å²) >= 11 is 2.98. The van der Waals surface area contributed by atoms with Gasteiger partial charge in [0.05, 0.1) is 11.9 Å². The van der Waals surface area contributed by atoms with E-state index in [9.17, 15) is 18.0 Å². The van der Waals surface area contributed by atoms with Crippen LogP contribution in [0.4, 0.5) is 18.9 Å². The molecule has 1 rings (SSSR count). The molecule has 0 aliphatic rings. The van der Waals surface area contributed by atoms with Crippen molar-refractivity contribution in [2.45, 2.75) is 19.6 Å². The molecule has 9 heteroatoms. The molecule has 0 aromatic carbocycles. The van der Waals surface area contributed by atoms with Gasteiger partial charge in [0, 0.05) is 13.1 Å². The molecule has 0 saturated carbocycles. The molecule has 0 fully saturated rings. The molecule has 0 aliphatic carbocycles. The lowest BCUT2D eigenvalue weighted by atomic mass is 10.4. The number of aromatic nitrogens is 2. The third kappa shape index (κ3) is 5.19. The highest BCUT2D eigenvalue weighted by Gasteiger charge is 2.29. The number of nitrogens with one attached hydrogen (secondary N) is 2. The summed E-state index contributed by atoms with van der Waals surface area (Å²) in [5.74, 6) is 0. The van der Waals surface area contributed by atoms with Gasteiger partial charge in [0.1, 0.15) is 11.0 Å². The Morgan fingerprint density at radius 2 is 2.11 bits per heavy atom. The van der Waals surface area contributed by atoms with Crippen LogP contribution in [-0.4, -0.2) is 35.6 Å². The fourth-order valence-corrected chi connectivity index (χ4v) is 1.78. The summed E-state index contributed by atoms with van der Waals surface area (Å²) < 4.78 is 37.0. The number of nitrogens with zero attached hydrogens (tertiary/aromatic N) is 2. The number of hydrogen-bond donors (Lipinski definition) is 2. The third-order valence-corrected chi connectivity index (χ3v) is 2.95. The first kappa shape index (κ1) is 16.0. The Balaban J connectivity index is 2.77. The molecule has 1 aromatic rings. The summed E-state index contributed by atoms with van der Waals surface area (Å²) in [6, 6.07) is 0. The van der Waals surface area contributed by atoms with Crippen molar-refractivity contribution in [3.8, 4) is 0 Å². The molecule has 19 heavy (non-hydrogen) atoms. The molecule has 0 amide bonds. The number of anilines is 1. The number of alkyl halides is 3. The molecule has 0 radical (unpaired) electrons. The standard InChI is InChI=1S/C10H14BrF3N4O/c1-2-15-3-4-16-7-5-17-18(6-10(12,13)14)9(19)8(7)11/h5,15-16H,2-4,6H2,1H3. The van der Waals surface area contributed by atoms with Crippen molar-refractivity contribution >= 4 is 21.6 Å². The highest BCUT2D eigenvalue weighted by atomic mass is 79.9. The van der Waals surface area contributed by atoms with Crippen molar-refractivity contribution in [1.29, 1.82) is 0 Å². The molecule has 0 saturated heterocycles. The zero-order valence-corrected chi connectivity index (χ0v) is 11.8.